The van der Waals surface area contributed by atoms with Crippen molar-refractivity contribution in [3.63, 3.8) is 0 Å². The first-order chi connectivity index (χ1) is 15.9. The predicted octanol–water partition coefficient (Wildman–Crippen LogP) is 1.71. The Morgan fingerprint density at radius 2 is 1.82 bits per heavy atom. The molecule has 2 aromatic heterocycles. The standard InChI is InChI=1S/C23H27N5O4S/c29-22(24-13-6-15-28-23(30)27-14-5-4-9-21(27)25-28)20-10-16-26(17-11-20)33(31,32)18-12-19-7-2-1-3-8-19/h1-5,7-9,12,14,18,20H,6,10-11,13,15-17H2,(H,24,29). The zero-order valence-corrected chi connectivity index (χ0v) is 19.0. The molecule has 0 atom stereocenters. The van der Waals surface area contributed by atoms with Crippen LogP contribution in [0.5, 0.6) is 0 Å². The highest BCUT2D eigenvalue weighted by molar-refractivity contribution is 7.92. The fourth-order valence-electron chi connectivity index (χ4n) is 3.89. The smallest absolute Gasteiger partial charge is 0.350 e. The summed E-state index contributed by atoms with van der Waals surface area (Å²) in [7, 11) is -3.52. The molecule has 174 valence electrons. The van der Waals surface area contributed by atoms with Crippen LogP contribution in [-0.4, -0.2) is 52.4 Å². The van der Waals surface area contributed by atoms with E-state index in [2.05, 4.69) is 10.4 Å². The topological polar surface area (TPSA) is 106 Å². The number of sulfonamides is 1. The quantitative estimate of drug-likeness (QED) is 0.506. The van der Waals surface area contributed by atoms with E-state index in [1.165, 1.54) is 18.8 Å². The van der Waals surface area contributed by atoms with Gasteiger partial charge in [0.15, 0.2) is 5.65 Å². The second-order valence-electron chi connectivity index (χ2n) is 8.01. The summed E-state index contributed by atoms with van der Waals surface area (Å²) in [5.74, 6) is -0.290. The molecule has 1 aliphatic heterocycles. The van der Waals surface area contributed by atoms with Crippen molar-refractivity contribution in [3.05, 3.63) is 76.2 Å². The molecule has 0 radical (unpaired) electrons. The molecule has 1 saturated heterocycles. The van der Waals surface area contributed by atoms with Gasteiger partial charge in [-0.15, -0.1) is 5.10 Å². The number of pyridine rings is 1. The van der Waals surface area contributed by atoms with Gasteiger partial charge >= 0.3 is 5.69 Å². The van der Waals surface area contributed by atoms with E-state index in [1.54, 1.807) is 24.4 Å². The Kier molecular flexibility index (Phi) is 7.05. The maximum Gasteiger partial charge on any atom is 0.350 e. The third kappa shape index (κ3) is 5.58. The van der Waals surface area contributed by atoms with Crippen LogP contribution in [0.4, 0.5) is 0 Å². The average Bonchev–Trinajstić information content (AvgIpc) is 3.17. The van der Waals surface area contributed by atoms with Crippen LogP contribution in [0.25, 0.3) is 11.7 Å². The van der Waals surface area contributed by atoms with Crippen LogP contribution in [-0.2, 0) is 21.4 Å². The number of piperidine rings is 1. The van der Waals surface area contributed by atoms with Gasteiger partial charge in [-0.2, -0.15) is 4.31 Å². The lowest BCUT2D eigenvalue weighted by Gasteiger charge is -2.29. The van der Waals surface area contributed by atoms with Gasteiger partial charge in [0, 0.05) is 43.7 Å². The van der Waals surface area contributed by atoms with Gasteiger partial charge in [0.2, 0.25) is 15.9 Å². The van der Waals surface area contributed by atoms with Crippen LogP contribution in [0.2, 0.25) is 0 Å². The molecule has 0 saturated carbocycles. The summed E-state index contributed by atoms with van der Waals surface area (Å²) in [4.78, 5) is 24.8. The molecule has 1 aliphatic rings. The Bertz CT molecular complexity index is 1290. The summed E-state index contributed by atoms with van der Waals surface area (Å²) in [5, 5.41) is 8.40. The van der Waals surface area contributed by atoms with E-state index in [0.29, 0.717) is 51.1 Å². The van der Waals surface area contributed by atoms with E-state index in [-0.39, 0.29) is 17.5 Å². The molecular weight excluding hydrogens is 442 g/mol. The molecule has 0 spiro atoms. The molecule has 3 aromatic rings. The number of rotatable bonds is 8. The molecule has 10 heteroatoms. The Morgan fingerprint density at radius 3 is 2.55 bits per heavy atom. The number of fused-ring (bicyclic) bond motifs is 1. The van der Waals surface area contributed by atoms with Gasteiger partial charge in [-0.1, -0.05) is 36.4 Å². The van der Waals surface area contributed by atoms with E-state index >= 15 is 0 Å². The second kappa shape index (κ2) is 10.1. The van der Waals surface area contributed by atoms with E-state index < -0.39 is 10.0 Å². The number of aromatic nitrogens is 3. The number of amides is 1. The minimum atomic E-state index is -3.52. The van der Waals surface area contributed by atoms with Gasteiger partial charge in [-0.3, -0.25) is 9.20 Å². The SMILES string of the molecule is O=C(NCCCn1nc2ccccn2c1=O)C1CCN(S(=O)(=O)C=Cc2ccccc2)CC1. The Hall–Kier alpha value is -3.24. The van der Waals surface area contributed by atoms with Gasteiger partial charge in [0.1, 0.15) is 0 Å². The van der Waals surface area contributed by atoms with Crippen molar-refractivity contribution in [2.45, 2.75) is 25.8 Å². The molecule has 0 unspecified atom stereocenters. The summed E-state index contributed by atoms with van der Waals surface area (Å²) < 4.78 is 29.5. The zero-order chi connectivity index (χ0) is 23.3. The van der Waals surface area contributed by atoms with Crippen molar-refractivity contribution >= 4 is 27.7 Å². The third-order valence-electron chi connectivity index (χ3n) is 5.75. The number of carbonyl (C=O) groups is 1. The van der Waals surface area contributed by atoms with Crippen molar-refractivity contribution in [3.8, 4) is 0 Å². The second-order valence-corrected chi connectivity index (χ2v) is 9.83. The Labute approximate surface area is 192 Å². The fraction of sp³-hybridized carbons (Fsp3) is 0.348. The van der Waals surface area contributed by atoms with Gasteiger partial charge < -0.3 is 5.32 Å². The summed E-state index contributed by atoms with van der Waals surface area (Å²) in [6.07, 6.45) is 4.80. The first-order valence-electron chi connectivity index (χ1n) is 11.0. The van der Waals surface area contributed by atoms with Crippen LogP contribution in [0, 0.1) is 5.92 Å². The van der Waals surface area contributed by atoms with Crippen LogP contribution in [0.1, 0.15) is 24.8 Å². The van der Waals surface area contributed by atoms with Crippen molar-refractivity contribution in [2.75, 3.05) is 19.6 Å². The highest BCUT2D eigenvalue weighted by Gasteiger charge is 2.29. The van der Waals surface area contributed by atoms with Crippen molar-refractivity contribution in [2.24, 2.45) is 5.92 Å². The molecule has 1 aromatic carbocycles. The summed E-state index contributed by atoms with van der Waals surface area (Å²) in [6.45, 7) is 1.47. The number of nitrogens with one attached hydrogen (secondary N) is 1. The van der Waals surface area contributed by atoms with Gasteiger partial charge in [0.25, 0.3) is 0 Å². The lowest BCUT2D eigenvalue weighted by atomic mass is 9.97. The highest BCUT2D eigenvalue weighted by atomic mass is 32.2. The lowest BCUT2D eigenvalue weighted by Crippen LogP contribution is -2.42. The largest absolute Gasteiger partial charge is 0.356 e. The van der Waals surface area contributed by atoms with Gasteiger partial charge in [0.05, 0.1) is 0 Å². The molecular formula is C23H27N5O4S. The molecule has 1 N–H and O–H groups in total. The minimum Gasteiger partial charge on any atom is -0.356 e. The van der Waals surface area contributed by atoms with Crippen LogP contribution in [0.15, 0.2) is 64.9 Å². The van der Waals surface area contributed by atoms with Crippen molar-refractivity contribution < 1.29 is 13.2 Å². The van der Waals surface area contributed by atoms with Crippen LogP contribution >= 0.6 is 0 Å². The number of carbonyl (C=O) groups excluding carboxylic acids is 1. The number of aryl methyl sites for hydroxylation is 1. The Balaban J connectivity index is 1.22. The normalized spacial score (nSPS) is 15.9. The van der Waals surface area contributed by atoms with Gasteiger partial charge in [-0.25, -0.2) is 17.9 Å². The first kappa shape index (κ1) is 22.9. The number of nitrogens with zero attached hydrogens (tertiary/aromatic N) is 4. The maximum atomic E-state index is 12.6. The van der Waals surface area contributed by atoms with E-state index in [1.807, 2.05) is 36.4 Å². The van der Waals surface area contributed by atoms with E-state index in [9.17, 15) is 18.0 Å². The van der Waals surface area contributed by atoms with Crippen LogP contribution in [0.3, 0.4) is 0 Å². The first-order valence-corrected chi connectivity index (χ1v) is 12.5. The molecule has 0 aliphatic carbocycles. The number of hydrogen-bond acceptors (Lipinski definition) is 5. The van der Waals surface area contributed by atoms with Gasteiger partial charge in [-0.05, 0) is 43.0 Å². The van der Waals surface area contributed by atoms with Crippen molar-refractivity contribution in [1.29, 1.82) is 0 Å². The maximum absolute atomic E-state index is 12.6. The fourth-order valence-corrected chi connectivity index (χ4v) is 5.11. The molecule has 33 heavy (non-hydrogen) atoms. The predicted molar refractivity (Wildman–Crippen MR) is 126 cm³/mol. The van der Waals surface area contributed by atoms with E-state index in [0.717, 1.165) is 5.56 Å². The third-order valence-corrected chi connectivity index (χ3v) is 7.32. The molecule has 1 fully saturated rings. The molecule has 0 bridgehead atoms. The lowest BCUT2D eigenvalue weighted by molar-refractivity contribution is -0.126. The summed E-state index contributed by atoms with van der Waals surface area (Å²) in [6, 6.07) is 14.6. The highest BCUT2D eigenvalue weighted by Crippen LogP contribution is 2.21. The van der Waals surface area contributed by atoms with Crippen molar-refractivity contribution in [1.82, 2.24) is 23.8 Å². The molecule has 4 rings (SSSR count). The average molecular weight is 470 g/mol. The minimum absolute atomic E-state index is 0.0748. The molecule has 9 nitrogen and oxygen atoms in total. The molecule has 3 heterocycles. The summed E-state index contributed by atoms with van der Waals surface area (Å²) in [5.41, 5.74) is 1.21. The zero-order valence-electron chi connectivity index (χ0n) is 18.2. The number of benzene rings is 1. The van der Waals surface area contributed by atoms with Crippen LogP contribution < -0.4 is 11.0 Å². The summed E-state index contributed by atoms with van der Waals surface area (Å²) >= 11 is 0. The Morgan fingerprint density at radius 1 is 1.09 bits per heavy atom. The van der Waals surface area contributed by atoms with E-state index in [4.69, 9.17) is 0 Å². The number of hydrogen-bond donors (Lipinski definition) is 1. The monoisotopic (exact) mass is 469 g/mol. The molecule has 1 amide bonds.